The van der Waals surface area contributed by atoms with Gasteiger partial charge < -0.3 is 16.4 Å². The van der Waals surface area contributed by atoms with Gasteiger partial charge in [0.05, 0.1) is 10.5 Å². The van der Waals surface area contributed by atoms with Crippen LogP contribution in [0.5, 0.6) is 0 Å². The number of anilines is 1. The van der Waals surface area contributed by atoms with Gasteiger partial charge in [-0.25, -0.2) is 4.98 Å². The Balaban J connectivity index is 2.45. The average molecular weight is 265 g/mol. The number of nitrogens with two attached hydrogens (primary N) is 2. The second-order valence-electron chi connectivity index (χ2n) is 4.41. The van der Waals surface area contributed by atoms with Crippen molar-refractivity contribution in [2.45, 2.75) is 18.9 Å². The number of nitrogens with zero attached hydrogens (tertiary/aromatic N) is 3. The Morgan fingerprint density at radius 2 is 2.37 bits per heavy atom. The Morgan fingerprint density at radius 3 is 2.95 bits per heavy atom. The topological polar surface area (TPSA) is 128 Å². The van der Waals surface area contributed by atoms with Crippen molar-refractivity contribution in [3.8, 4) is 0 Å². The fourth-order valence-electron chi connectivity index (χ4n) is 2.32. The molecule has 0 spiro atoms. The van der Waals surface area contributed by atoms with Crippen LogP contribution in [0, 0.1) is 10.1 Å². The second kappa shape index (κ2) is 5.19. The van der Waals surface area contributed by atoms with E-state index >= 15 is 0 Å². The molecule has 1 aromatic heterocycles. The van der Waals surface area contributed by atoms with Crippen LogP contribution in [0.2, 0.25) is 0 Å². The summed E-state index contributed by atoms with van der Waals surface area (Å²) in [6.07, 6.45) is 2.99. The van der Waals surface area contributed by atoms with Gasteiger partial charge in [-0.2, -0.15) is 0 Å². The fraction of sp³-hybridized carbons (Fsp3) is 0.455. The van der Waals surface area contributed by atoms with Gasteiger partial charge in [-0.1, -0.05) is 0 Å². The monoisotopic (exact) mass is 265 g/mol. The first-order chi connectivity index (χ1) is 9.04. The van der Waals surface area contributed by atoms with E-state index < -0.39 is 10.8 Å². The summed E-state index contributed by atoms with van der Waals surface area (Å²) in [4.78, 5) is 27.5. The third-order valence-corrected chi connectivity index (χ3v) is 3.25. The highest BCUT2D eigenvalue weighted by molar-refractivity contribution is 5.98. The van der Waals surface area contributed by atoms with Crippen molar-refractivity contribution >= 4 is 17.4 Å². The molecule has 0 aromatic carbocycles. The zero-order valence-corrected chi connectivity index (χ0v) is 10.3. The SMILES string of the molecule is NCC1CCCN1c1ncc([N+](=O)[O-])cc1C(N)=O. The van der Waals surface area contributed by atoms with Gasteiger partial charge in [-0.3, -0.25) is 14.9 Å². The number of rotatable bonds is 4. The molecule has 2 heterocycles. The fourth-order valence-corrected chi connectivity index (χ4v) is 2.32. The van der Waals surface area contributed by atoms with Crippen molar-refractivity contribution in [3.05, 3.63) is 27.9 Å². The third kappa shape index (κ3) is 2.48. The molecular weight excluding hydrogens is 250 g/mol. The van der Waals surface area contributed by atoms with Crippen molar-refractivity contribution in [2.75, 3.05) is 18.0 Å². The van der Waals surface area contributed by atoms with Gasteiger partial charge in [-0.05, 0) is 12.8 Å². The van der Waals surface area contributed by atoms with Crippen molar-refractivity contribution in [1.82, 2.24) is 4.98 Å². The molecule has 1 atom stereocenters. The normalized spacial score (nSPS) is 18.6. The van der Waals surface area contributed by atoms with Crippen LogP contribution in [0.1, 0.15) is 23.2 Å². The molecule has 1 amide bonds. The van der Waals surface area contributed by atoms with Crippen LogP contribution in [-0.2, 0) is 0 Å². The van der Waals surface area contributed by atoms with E-state index in [-0.39, 0.29) is 17.3 Å². The Kier molecular flexibility index (Phi) is 3.61. The molecule has 1 aliphatic rings. The molecule has 4 N–H and O–H groups in total. The largest absolute Gasteiger partial charge is 0.365 e. The molecule has 2 rings (SSSR count). The van der Waals surface area contributed by atoms with E-state index in [0.717, 1.165) is 25.1 Å². The molecule has 1 fully saturated rings. The highest BCUT2D eigenvalue weighted by Gasteiger charge is 2.28. The summed E-state index contributed by atoms with van der Waals surface area (Å²) >= 11 is 0. The molecule has 1 saturated heterocycles. The van der Waals surface area contributed by atoms with E-state index in [1.54, 1.807) is 0 Å². The van der Waals surface area contributed by atoms with Gasteiger partial charge in [-0.15, -0.1) is 0 Å². The van der Waals surface area contributed by atoms with Gasteiger partial charge in [0.1, 0.15) is 12.0 Å². The first-order valence-corrected chi connectivity index (χ1v) is 5.95. The number of carbonyl (C=O) groups is 1. The molecule has 1 unspecified atom stereocenters. The smallest absolute Gasteiger partial charge is 0.288 e. The molecule has 19 heavy (non-hydrogen) atoms. The van der Waals surface area contributed by atoms with Crippen molar-refractivity contribution in [2.24, 2.45) is 11.5 Å². The highest BCUT2D eigenvalue weighted by Crippen LogP contribution is 2.28. The van der Waals surface area contributed by atoms with Crippen LogP contribution < -0.4 is 16.4 Å². The molecule has 1 aliphatic heterocycles. The molecule has 0 saturated carbocycles. The summed E-state index contributed by atoms with van der Waals surface area (Å²) < 4.78 is 0. The number of amides is 1. The average Bonchev–Trinajstić information content (AvgIpc) is 2.85. The molecular formula is C11H15N5O3. The lowest BCUT2D eigenvalue weighted by Crippen LogP contribution is -2.37. The minimum Gasteiger partial charge on any atom is -0.365 e. The number of pyridine rings is 1. The summed E-state index contributed by atoms with van der Waals surface area (Å²) in [5.74, 6) is -0.347. The maximum absolute atomic E-state index is 11.4. The summed E-state index contributed by atoms with van der Waals surface area (Å²) in [6, 6.07) is 1.25. The minimum atomic E-state index is -0.728. The lowest BCUT2D eigenvalue weighted by molar-refractivity contribution is -0.385. The Hall–Kier alpha value is -2.22. The predicted molar refractivity (Wildman–Crippen MR) is 68.8 cm³/mol. The zero-order valence-electron chi connectivity index (χ0n) is 10.3. The highest BCUT2D eigenvalue weighted by atomic mass is 16.6. The van der Waals surface area contributed by atoms with Crippen LogP contribution in [0.4, 0.5) is 11.5 Å². The molecule has 102 valence electrons. The number of hydrogen-bond donors (Lipinski definition) is 2. The quantitative estimate of drug-likeness (QED) is 0.583. The van der Waals surface area contributed by atoms with E-state index in [1.807, 2.05) is 4.90 Å². The first-order valence-electron chi connectivity index (χ1n) is 5.95. The summed E-state index contributed by atoms with van der Waals surface area (Å²) in [5, 5.41) is 10.7. The van der Waals surface area contributed by atoms with Crippen LogP contribution >= 0.6 is 0 Å². The van der Waals surface area contributed by atoms with E-state index in [4.69, 9.17) is 11.5 Å². The van der Waals surface area contributed by atoms with E-state index in [9.17, 15) is 14.9 Å². The van der Waals surface area contributed by atoms with Gasteiger partial charge in [0, 0.05) is 25.2 Å². The summed E-state index contributed by atoms with van der Waals surface area (Å²) in [7, 11) is 0. The molecule has 8 nitrogen and oxygen atoms in total. The van der Waals surface area contributed by atoms with Gasteiger partial charge in [0.15, 0.2) is 0 Å². The van der Waals surface area contributed by atoms with Crippen LogP contribution in [0.15, 0.2) is 12.3 Å². The number of primary amides is 1. The summed E-state index contributed by atoms with van der Waals surface area (Å²) in [6.45, 7) is 1.16. The predicted octanol–water partition coefficient (Wildman–Crippen LogP) is 0.0162. The van der Waals surface area contributed by atoms with E-state index in [2.05, 4.69) is 4.98 Å². The lowest BCUT2D eigenvalue weighted by Gasteiger charge is -2.25. The Bertz CT molecular complexity index is 519. The van der Waals surface area contributed by atoms with Crippen LogP contribution in [0.3, 0.4) is 0 Å². The van der Waals surface area contributed by atoms with E-state index in [1.165, 1.54) is 0 Å². The lowest BCUT2D eigenvalue weighted by atomic mass is 10.2. The minimum absolute atomic E-state index is 0.0644. The molecule has 8 heteroatoms. The van der Waals surface area contributed by atoms with Crippen LogP contribution in [0.25, 0.3) is 0 Å². The van der Waals surface area contributed by atoms with E-state index in [0.29, 0.717) is 18.9 Å². The van der Waals surface area contributed by atoms with Gasteiger partial charge >= 0.3 is 0 Å². The number of aromatic nitrogens is 1. The van der Waals surface area contributed by atoms with Crippen LogP contribution in [-0.4, -0.2) is 34.9 Å². The standard InChI is InChI=1S/C11H15N5O3/c12-5-7-2-1-3-15(7)11-9(10(13)17)4-8(6-14-11)16(18)19/h4,6-7H,1-3,5,12H2,(H2,13,17). The van der Waals surface area contributed by atoms with Gasteiger partial charge in [0.2, 0.25) is 0 Å². The Labute approximate surface area is 109 Å². The number of nitro groups is 1. The maximum Gasteiger partial charge on any atom is 0.288 e. The first kappa shape index (κ1) is 13.2. The molecule has 0 radical (unpaired) electrons. The Morgan fingerprint density at radius 1 is 1.63 bits per heavy atom. The maximum atomic E-state index is 11.4. The number of carbonyl (C=O) groups excluding carboxylic acids is 1. The van der Waals surface area contributed by atoms with Gasteiger partial charge in [0.25, 0.3) is 11.6 Å². The molecule has 0 aliphatic carbocycles. The molecule has 0 bridgehead atoms. The second-order valence-corrected chi connectivity index (χ2v) is 4.41. The third-order valence-electron chi connectivity index (χ3n) is 3.25. The summed E-state index contributed by atoms with van der Waals surface area (Å²) in [5.41, 5.74) is 10.8. The zero-order chi connectivity index (χ0) is 14.0. The van der Waals surface area contributed by atoms with Crippen molar-refractivity contribution < 1.29 is 9.72 Å². The van der Waals surface area contributed by atoms with Crippen molar-refractivity contribution in [3.63, 3.8) is 0 Å². The molecule has 1 aromatic rings. The van der Waals surface area contributed by atoms with Crippen molar-refractivity contribution in [1.29, 1.82) is 0 Å². The number of hydrogen-bond acceptors (Lipinski definition) is 6.